The standard InChI is InChI=1S/C12H24P/c1-6-11-12(4)8-9(2)7-10(3)13(11,12)5/h9-11H,6-8H2,1-5H3/q+1. The summed E-state index contributed by atoms with van der Waals surface area (Å²) in [5.74, 6) is 0.990. The van der Waals surface area contributed by atoms with Crippen LogP contribution in [0.2, 0.25) is 0 Å². The molecule has 2 rings (SSSR count). The highest BCUT2D eigenvalue weighted by molar-refractivity contribution is 7.85. The maximum atomic E-state index is 2.65. The lowest BCUT2D eigenvalue weighted by Crippen LogP contribution is -2.23. The monoisotopic (exact) mass is 199 g/mol. The molecule has 0 N–H and O–H groups in total. The molecule has 0 saturated carbocycles. The molecule has 2 aliphatic rings. The van der Waals surface area contributed by atoms with E-state index in [9.17, 15) is 0 Å². The molecule has 0 bridgehead atoms. The topological polar surface area (TPSA) is 0 Å². The largest absolute Gasteiger partial charge is 0.114 e. The van der Waals surface area contributed by atoms with Gasteiger partial charge in [0.15, 0.2) is 0 Å². The first-order chi connectivity index (χ1) is 5.96. The average molecular weight is 199 g/mol. The van der Waals surface area contributed by atoms with E-state index < -0.39 is 7.26 Å². The lowest BCUT2D eigenvalue weighted by molar-refractivity contribution is 0.426. The number of hydrogen-bond donors (Lipinski definition) is 0. The third kappa shape index (κ3) is 1.02. The summed E-state index contributed by atoms with van der Waals surface area (Å²) in [4.78, 5) is 0. The summed E-state index contributed by atoms with van der Waals surface area (Å²) in [7, 11) is -0.520. The Bertz CT molecular complexity index is 225. The highest BCUT2D eigenvalue weighted by Crippen LogP contribution is 2.95. The van der Waals surface area contributed by atoms with Gasteiger partial charge in [-0.15, -0.1) is 0 Å². The molecule has 2 fully saturated rings. The zero-order valence-electron chi connectivity index (χ0n) is 9.80. The first kappa shape index (κ1) is 9.97. The van der Waals surface area contributed by atoms with Crippen LogP contribution in [-0.4, -0.2) is 23.1 Å². The fraction of sp³-hybridized carbons (Fsp3) is 1.00. The molecule has 0 spiro atoms. The van der Waals surface area contributed by atoms with E-state index >= 15 is 0 Å². The quantitative estimate of drug-likeness (QED) is 0.560. The van der Waals surface area contributed by atoms with E-state index in [4.69, 9.17) is 0 Å². The predicted octanol–water partition coefficient (Wildman–Crippen LogP) is 4.00. The van der Waals surface area contributed by atoms with Crippen LogP contribution in [0.4, 0.5) is 0 Å². The van der Waals surface area contributed by atoms with E-state index in [1.807, 2.05) is 0 Å². The normalized spacial score (nSPS) is 60.2. The van der Waals surface area contributed by atoms with Crippen molar-refractivity contribution < 1.29 is 0 Å². The second-order valence-electron chi connectivity index (χ2n) is 5.82. The summed E-state index contributed by atoms with van der Waals surface area (Å²) >= 11 is 0. The van der Waals surface area contributed by atoms with Gasteiger partial charge in [-0.05, 0) is 39.0 Å². The van der Waals surface area contributed by atoms with Gasteiger partial charge in [0.1, 0.15) is 10.8 Å². The Morgan fingerprint density at radius 2 is 2.00 bits per heavy atom. The van der Waals surface area contributed by atoms with Crippen LogP contribution in [0.3, 0.4) is 0 Å². The van der Waals surface area contributed by atoms with Gasteiger partial charge in [0.05, 0.1) is 12.3 Å². The van der Waals surface area contributed by atoms with Crippen molar-refractivity contribution in [2.75, 3.05) is 6.66 Å². The molecule has 5 atom stereocenters. The minimum Gasteiger partial charge on any atom is -0.0622 e. The van der Waals surface area contributed by atoms with Gasteiger partial charge in [-0.3, -0.25) is 0 Å². The Labute approximate surface area is 83.8 Å². The second-order valence-corrected chi connectivity index (χ2v) is 10.6. The second kappa shape index (κ2) is 2.72. The summed E-state index contributed by atoms with van der Waals surface area (Å²) in [6.07, 6.45) is 4.48. The highest BCUT2D eigenvalue weighted by Gasteiger charge is 2.81. The van der Waals surface area contributed by atoms with Crippen LogP contribution in [0, 0.1) is 5.92 Å². The molecule has 2 heterocycles. The Morgan fingerprint density at radius 3 is 2.54 bits per heavy atom. The van der Waals surface area contributed by atoms with Crippen molar-refractivity contribution in [3.05, 3.63) is 0 Å². The predicted molar refractivity (Wildman–Crippen MR) is 63.2 cm³/mol. The molecule has 0 radical (unpaired) electrons. The minimum absolute atomic E-state index is 0.520. The Balaban J connectivity index is 2.25. The maximum Gasteiger partial charge on any atom is 0.114 e. The van der Waals surface area contributed by atoms with Crippen LogP contribution < -0.4 is 0 Å². The molecule has 76 valence electrons. The smallest absolute Gasteiger partial charge is 0.0622 e. The minimum atomic E-state index is -0.520. The fourth-order valence-corrected chi connectivity index (χ4v) is 11.0. The van der Waals surface area contributed by atoms with Crippen molar-refractivity contribution in [3.63, 3.8) is 0 Å². The van der Waals surface area contributed by atoms with E-state index in [1.165, 1.54) is 19.3 Å². The van der Waals surface area contributed by atoms with Gasteiger partial charge in [-0.1, -0.05) is 13.8 Å². The first-order valence-electron chi connectivity index (χ1n) is 5.82. The van der Waals surface area contributed by atoms with Crippen molar-refractivity contribution in [1.82, 2.24) is 0 Å². The third-order valence-electron chi connectivity index (χ3n) is 5.21. The van der Waals surface area contributed by atoms with Gasteiger partial charge in [0, 0.05) is 7.26 Å². The molecule has 13 heavy (non-hydrogen) atoms. The molecule has 0 aliphatic carbocycles. The molecule has 2 saturated heterocycles. The molecule has 5 unspecified atom stereocenters. The van der Waals surface area contributed by atoms with Gasteiger partial charge < -0.3 is 0 Å². The maximum absolute atomic E-state index is 2.65. The van der Waals surface area contributed by atoms with Crippen LogP contribution in [0.5, 0.6) is 0 Å². The lowest BCUT2D eigenvalue weighted by atomic mass is 9.91. The van der Waals surface area contributed by atoms with Crippen LogP contribution in [0.15, 0.2) is 0 Å². The molecule has 0 nitrogen and oxygen atoms in total. The fourth-order valence-electron chi connectivity index (χ4n) is 4.45. The highest BCUT2D eigenvalue weighted by atomic mass is 31.2. The molecule has 0 aromatic carbocycles. The third-order valence-corrected chi connectivity index (χ3v) is 11.9. The molecule has 2 aliphatic heterocycles. The lowest BCUT2D eigenvalue weighted by Gasteiger charge is -2.28. The number of fused-ring (bicyclic) bond motifs is 1. The first-order valence-corrected chi connectivity index (χ1v) is 8.20. The van der Waals surface area contributed by atoms with Gasteiger partial charge in [-0.2, -0.15) is 0 Å². The molecule has 0 aromatic heterocycles. The Hall–Kier alpha value is 0.430. The molecule has 1 heteroatoms. The summed E-state index contributed by atoms with van der Waals surface area (Å²) in [5.41, 5.74) is 2.19. The van der Waals surface area contributed by atoms with Crippen LogP contribution >= 0.6 is 7.26 Å². The summed E-state index contributed by atoms with van der Waals surface area (Å²) in [6.45, 7) is 12.6. The summed E-state index contributed by atoms with van der Waals surface area (Å²) in [6, 6.07) is 0. The van der Waals surface area contributed by atoms with Gasteiger partial charge in [-0.25, -0.2) is 0 Å². The van der Waals surface area contributed by atoms with Crippen LogP contribution in [0.25, 0.3) is 0 Å². The summed E-state index contributed by atoms with van der Waals surface area (Å²) in [5, 5.41) is 0.804. The Morgan fingerprint density at radius 1 is 1.38 bits per heavy atom. The van der Waals surface area contributed by atoms with E-state index in [2.05, 4.69) is 34.4 Å². The van der Waals surface area contributed by atoms with E-state index in [0.29, 0.717) is 0 Å². The zero-order chi connectivity index (χ0) is 9.85. The van der Waals surface area contributed by atoms with Crippen molar-refractivity contribution in [3.8, 4) is 0 Å². The van der Waals surface area contributed by atoms with Crippen LogP contribution in [-0.2, 0) is 0 Å². The van der Waals surface area contributed by atoms with Gasteiger partial charge >= 0.3 is 0 Å². The van der Waals surface area contributed by atoms with Crippen molar-refractivity contribution >= 4 is 7.26 Å². The van der Waals surface area contributed by atoms with Gasteiger partial charge in [0.2, 0.25) is 0 Å². The molecule has 0 aromatic rings. The number of rotatable bonds is 1. The average Bonchev–Trinajstić information content (AvgIpc) is 2.49. The van der Waals surface area contributed by atoms with Crippen molar-refractivity contribution in [2.24, 2.45) is 5.92 Å². The SMILES string of the molecule is CCC1C2(C)CC(C)CC(C)[P+]12C. The van der Waals surface area contributed by atoms with Crippen molar-refractivity contribution in [2.45, 2.75) is 63.4 Å². The van der Waals surface area contributed by atoms with Crippen LogP contribution in [0.1, 0.15) is 47.0 Å². The van der Waals surface area contributed by atoms with E-state index in [-0.39, 0.29) is 0 Å². The number of hydrogen-bond acceptors (Lipinski definition) is 0. The van der Waals surface area contributed by atoms with E-state index in [1.54, 1.807) is 0 Å². The van der Waals surface area contributed by atoms with E-state index in [0.717, 1.165) is 22.4 Å². The van der Waals surface area contributed by atoms with Gasteiger partial charge in [0.25, 0.3) is 0 Å². The molecular weight excluding hydrogens is 175 g/mol. The summed E-state index contributed by atoms with van der Waals surface area (Å²) < 4.78 is 0. The molecular formula is C12H24P+. The van der Waals surface area contributed by atoms with Crippen molar-refractivity contribution in [1.29, 1.82) is 0 Å². The molecule has 0 amide bonds. The zero-order valence-corrected chi connectivity index (χ0v) is 10.7. The Kier molecular flexibility index (Phi) is 2.09.